The predicted octanol–water partition coefficient (Wildman–Crippen LogP) is 1.26. The molecule has 1 amide bonds. The molecule has 33 heavy (non-hydrogen) atoms. The average Bonchev–Trinajstić information content (AvgIpc) is 3.38. The number of aryl methyl sites for hydroxylation is 3. The Kier molecular flexibility index (Phi) is 5.93. The fraction of sp³-hybridized carbons (Fsp3) is 0.409. The molecule has 0 saturated carbocycles. The van der Waals surface area contributed by atoms with Crippen molar-refractivity contribution in [2.75, 3.05) is 32.1 Å². The summed E-state index contributed by atoms with van der Waals surface area (Å²) in [6.45, 7) is 5.09. The lowest BCUT2D eigenvalue weighted by atomic mass is 10.1. The van der Waals surface area contributed by atoms with Crippen molar-refractivity contribution in [1.82, 2.24) is 28.6 Å². The lowest BCUT2D eigenvalue weighted by Crippen LogP contribution is -2.40. The first kappa shape index (κ1) is 22.9. The highest BCUT2D eigenvalue weighted by Crippen LogP contribution is 2.32. The van der Waals surface area contributed by atoms with Gasteiger partial charge in [0.2, 0.25) is 5.91 Å². The van der Waals surface area contributed by atoms with Gasteiger partial charge in [0.1, 0.15) is 6.54 Å². The molecule has 3 aromatic heterocycles. The van der Waals surface area contributed by atoms with Crippen LogP contribution in [0.15, 0.2) is 28.0 Å². The summed E-state index contributed by atoms with van der Waals surface area (Å²) in [4.78, 5) is 51.1. The molecule has 0 spiro atoms. The fourth-order valence-electron chi connectivity index (χ4n) is 3.70. The van der Waals surface area contributed by atoms with Crippen LogP contribution in [0.1, 0.15) is 11.1 Å². The van der Waals surface area contributed by atoms with Crippen molar-refractivity contribution in [3.8, 4) is 0 Å². The zero-order valence-electron chi connectivity index (χ0n) is 19.6. The SMILES string of the molecule is Cc1ccc2sc(N(CCN(C)C)C(=O)Cn3cnc4c3c(=O)n(C)c(=O)n4C)nc2c1C. The zero-order chi connectivity index (χ0) is 24.0. The van der Waals surface area contributed by atoms with Crippen molar-refractivity contribution in [2.45, 2.75) is 20.4 Å². The highest BCUT2D eigenvalue weighted by Gasteiger charge is 2.23. The number of thiazole rings is 1. The lowest BCUT2D eigenvalue weighted by Gasteiger charge is -2.22. The van der Waals surface area contributed by atoms with Gasteiger partial charge in [-0.2, -0.15) is 0 Å². The number of carbonyl (C=O) groups is 1. The monoisotopic (exact) mass is 469 g/mol. The van der Waals surface area contributed by atoms with Crippen LogP contribution < -0.4 is 16.1 Å². The van der Waals surface area contributed by atoms with E-state index >= 15 is 0 Å². The van der Waals surface area contributed by atoms with Gasteiger partial charge < -0.3 is 9.47 Å². The molecule has 0 fully saturated rings. The van der Waals surface area contributed by atoms with Gasteiger partial charge in [0.05, 0.1) is 16.5 Å². The van der Waals surface area contributed by atoms with Crippen molar-refractivity contribution in [3.05, 3.63) is 50.4 Å². The minimum atomic E-state index is -0.482. The maximum atomic E-state index is 13.5. The van der Waals surface area contributed by atoms with Gasteiger partial charge in [0.15, 0.2) is 16.3 Å². The molecule has 0 saturated heterocycles. The number of hydrogen-bond donors (Lipinski definition) is 0. The summed E-state index contributed by atoms with van der Waals surface area (Å²) in [6, 6.07) is 4.09. The number of amides is 1. The number of likely N-dealkylation sites (N-methyl/N-ethyl adjacent to an activating group) is 1. The van der Waals surface area contributed by atoms with Gasteiger partial charge in [0.25, 0.3) is 5.56 Å². The van der Waals surface area contributed by atoms with E-state index in [0.29, 0.717) is 18.2 Å². The lowest BCUT2D eigenvalue weighted by molar-refractivity contribution is -0.119. The van der Waals surface area contributed by atoms with Crippen molar-refractivity contribution < 1.29 is 4.79 Å². The second-order valence-electron chi connectivity index (χ2n) is 8.45. The molecule has 1 aromatic carbocycles. The molecule has 0 aliphatic rings. The van der Waals surface area contributed by atoms with Gasteiger partial charge in [-0.3, -0.25) is 23.6 Å². The largest absolute Gasteiger partial charge is 0.332 e. The molecule has 0 atom stereocenters. The molecule has 4 rings (SSSR count). The molecule has 0 N–H and O–H groups in total. The molecular formula is C22H27N7O3S. The minimum Gasteiger partial charge on any atom is -0.315 e. The molecule has 0 unspecified atom stereocenters. The average molecular weight is 470 g/mol. The van der Waals surface area contributed by atoms with Crippen LogP contribution in [0.4, 0.5) is 5.13 Å². The number of benzene rings is 1. The number of hydrogen-bond acceptors (Lipinski definition) is 7. The Hall–Kier alpha value is -3.31. The van der Waals surface area contributed by atoms with Crippen LogP contribution in [0.5, 0.6) is 0 Å². The molecule has 11 heteroatoms. The van der Waals surface area contributed by atoms with E-state index in [2.05, 4.69) is 11.1 Å². The van der Waals surface area contributed by atoms with Gasteiger partial charge in [-0.1, -0.05) is 17.4 Å². The van der Waals surface area contributed by atoms with Crippen LogP contribution in [0.3, 0.4) is 0 Å². The minimum absolute atomic E-state index is 0.0920. The number of aromatic nitrogens is 5. The first-order chi connectivity index (χ1) is 15.6. The van der Waals surface area contributed by atoms with Crippen LogP contribution >= 0.6 is 11.3 Å². The molecule has 174 valence electrons. The summed E-state index contributed by atoms with van der Waals surface area (Å²) in [5.41, 5.74) is 2.67. The van der Waals surface area contributed by atoms with Crippen molar-refractivity contribution in [1.29, 1.82) is 0 Å². The number of anilines is 1. The van der Waals surface area contributed by atoms with E-state index in [9.17, 15) is 14.4 Å². The molecule has 3 heterocycles. The number of nitrogens with zero attached hydrogens (tertiary/aromatic N) is 7. The second kappa shape index (κ2) is 8.56. The number of carbonyl (C=O) groups excluding carboxylic acids is 1. The summed E-state index contributed by atoms with van der Waals surface area (Å²) >= 11 is 1.47. The first-order valence-electron chi connectivity index (χ1n) is 10.5. The topological polar surface area (TPSA) is 98.3 Å². The van der Waals surface area contributed by atoms with Crippen LogP contribution in [-0.4, -0.2) is 61.7 Å². The third kappa shape index (κ3) is 3.98. The van der Waals surface area contributed by atoms with E-state index in [1.807, 2.05) is 38.9 Å². The standard InChI is InChI=1S/C22H27N7O3S/c1-13-7-8-15-17(14(13)2)24-21(33-15)29(10-9-25(3)4)16(30)11-28-12-23-19-18(28)20(31)27(6)22(32)26(19)5/h7-8,12H,9-11H2,1-6H3. The molecule has 0 aliphatic carbocycles. The third-order valence-electron chi connectivity index (χ3n) is 5.90. The van der Waals surface area contributed by atoms with E-state index < -0.39 is 11.2 Å². The number of imidazole rings is 1. The summed E-state index contributed by atoms with van der Waals surface area (Å²) in [6.07, 6.45) is 1.43. The normalized spacial score (nSPS) is 11.7. The Morgan fingerprint density at radius 2 is 1.82 bits per heavy atom. The molecule has 0 radical (unpaired) electrons. The molecule has 0 aliphatic heterocycles. The highest BCUT2D eigenvalue weighted by atomic mass is 32.1. The van der Waals surface area contributed by atoms with Crippen LogP contribution in [-0.2, 0) is 25.4 Å². The zero-order valence-corrected chi connectivity index (χ0v) is 20.4. The summed E-state index contributed by atoms with van der Waals surface area (Å²) < 4.78 is 4.85. The Morgan fingerprint density at radius 3 is 2.52 bits per heavy atom. The maximum absolute atomic E-state index is 13.5. The van der Waals surface area contributed by atoms with E-state index in [1.54, 1.807) is 11.9 Å². The molecule has 10 nitrogen and oxygen atoms in total. The Balaban J connectivity index is 1.75. The Morgan fingerprint density at radius 1 is 1.09 bits per heavy atom. The van der Waals surface area contributed by atoms with Crippen LogP contribution in [0, 0.1) is 13.8 Å². The Bertz CT molecular complexity index is 1490. The summed E-state index contributed by atoms with van der Waals surface area (Å²) in [5, 5.41) is 0.621. The smallest absolute Gasteiger partial charge is 0.315 e. The quantitative estimate of drug-likeness (QED) is 0.422. The number of fused-ring (bicyclic) bond motifs is 2. The first-order valence-corrected chi connectivity index (χ1v) is 11.3. The molecule has 0 bridgehead atoms. The fourth-order valence-corrected chi connectivity index (χ4v) is 4.77. The highest BCUT2D eigenvalue weighted by molar-refractivity contribution is 7.22. The van der Waals surface area contributed by atoms with E-state index in [4.69, 9.17) is 4.98 Å². The maximum Gasteiger partial charge on any atom is 0.332 e. The van der Waals surface area contributed by atoms with Gasteiger partial charge in [0, 0.05) is 27.2 Å². The van der Waals surface area contributed by atoms with Gasteiger partial charge in [-0.25, -0.2) is 14.8 Å². The molecule has 4 aromatic rings. The van der Waals surface area contributed by atoms with Crippen molar-refractivity contribution in [2.24, 2.45) is 14.1 Å². The van der Waals surface area contributed by atoms with Crippen LogP contribution in [0.25, 0.3) is 21.4 Å². The van der Waals surface area contributed by atoms with Gasteiger partial charge in [-0.05, 0) is 45.1 Å². The molecular weight excluding hydrogens is 442 g/mol. The summed E-state index contributed by atoms with van der Waals surface area (Å²) in [5.74, 6) is -0.208. The van der Waals surface area contributed by atoms with Crippen molar-refractivity contribution in [3.63, 3.8) is 0 Å². The van der Waals surface area contributed by atoms with E-state index in [0.717, 1.165) is 25.9 Å². The predicted molar refractivity (Wildman–Crippen MR) is 130 cm³/mol. The van der Waals surface area contributed by atoms with Crippen LogP contribution in [0.2, 0.25) is 0 Å². The van der Waals surface area contributed by atoms with E-state index in [-0.39, 0.29) is 23.6 Å². The summed E-state index contributed by atoms with van der Waals surface area (Å²) in [7, 11) is 6.86. The number of rotatable bonds is 6. The third-order valence-corrected chi connectivity index (χ3v) is 6.94. The van der Waals surface area contributed by atoms with Gasteiger partial charge >= 0.3 is 5.69 Å². The van der Waals surface area contributed by atoms with E-state index in [1.165, 1.54) is 33.8 Å². The van der Waals surface area contributed by atoms with Gasteiger partial charge in [-0.15, -0.1) is 0 Å². The Labute approximate surface area is 194 Å². The second-order valence-corrected chi connectivity index (χ2v) is 9.46. The van der Waals surface area contributed by atoms with Crippen molar-refractivity contribution >= 4 is 43.8 Å².